The molecule has 1 aromatic carbocycles. The standard InChI is InChI=1S/C15H21NO3/c1-11-9-16(10-15(2,3)19-11)14(18)8-12-5-4-6-13(17)7-12/h4-7,11,17H,8-10H2,1-3H3. The number of amides is 1. The molecule has 0 spiro atoms. The monoisotopic (exact) mass is 263 g/mol. The van der Waals surface area contributed by atoms with Crippen LogP contribution in [0.25, 0.3) is 0 Å². The summed E-state index contributed by atoms with van der Waals surface area (Å²) in [5, 5.41) is 9.42. The first kappa shape index (κ1) is 13.9. The zero-order valence-corrected chi connectivity index (χ0v) is 11.7. The Bertz CT molecular complexity index is 470. The summed E-state index contributed by atoms with van der Waals surface area (Å²) in [6, 6.07) is 6.84. The van der Waals surface area contributed by atoms with Gasteiger partial charge in [-0.25, -0.2) is 0 Å². The van der Waals surface area contributed by atoms with Crippen LogP contribution < -0.4 is 0 Å². The molecule has 104 valence electrons. The number of phenolic OH excluding ortho intramolecular Hbond substituents is 1. The summed E-state index contributed by atoms with van der Waals surface area (Å²) < 4.78 is 5.79. The van der Waals surface area contributed by atoms with E-state index in [-0.39, 0.29) is 23.4 Å². The maximum atomic E-state index is 12.3. The second-order valence-corrected chi connectivity index (χ2v) is 5.81. The summed E-state index contributed by atoms with van der Waals surface area (Å²) in [5.74, 6) is 0.273. The Morgan fingerprint density at radius 3 is 2.89 bits per heavy atom. The number of hydrogen-bond acceptors (Lipinski definition) is 3. The van der Waals surface area contributed by atoms with Gasteiger partial charge in [-0.3, -0.25) is 4.79 Å². The molecule has 1 N–H and O–H groups in total. The van der Waals surface area contributed by atoms with Crippen molar-refractivity contribution in [3.8, 4) is 5.75 Å². The number of phenols is 1. The molecule has 1 aliphatic heterocycles. The summed E-state index contributed by atoms with van der Waals surface area (Å²) in [6.45, 7) is 7.21. The molecule has 2 rings (SSSR count). The molecule has 19 heavy (non-hydrogen) atoms. The first-order chi connectivity index (χ1) is 8.85. The highest BCUT2D eigenvalue weighted by molar-refractivity contribution is 5.79. The molecule has 0 saturated carbocycles. The van der Waals surface area contributed by atoms with Crippen molar-refractivity contribution >= 4 is 5.91 Å². The number of nitrogens with zero attached hydrogens (tertiary/aromatic N) is 1. The average Bonchev–Trinajstić information content (AvgIpc) is 2.26. The maximum Gasteiger partial charge on any atom is 0.227 e. The Morgan fingerprint density at radius 1 is 1.53 bits per heavy atom. The van der Waals surface area contributed by atoms with Gasteiger partial charge >= 0.3 is 0 Å². The van der Waals surface area contributed by atoms with E-state index in [2.05, 4.69) is 0 Å². The van der Waals surface area contributed by atoms with Gasteiger partial charge in [0.15, 0.2) is 0 Å². The van der Waals surface area contributed by atoms with Crippen molar-refractivity contribution in [1.82, 2.24) is 4.90 Å². The lowest BCUT2D eigenvalue weighted by Crippen LogP contribution is -2.54. The number of aromatic hydroxyl groups is 1. The third kappa shape index (κ3) is 3.70. The van der Waals surface area contributed by atoms with Gasteiger partial charge in [-0.2, -0.15) is 0 Å². The molecule has 1 unspecified atom stereocenters. The molecule has 1 saturated heterocycles. The fraction of sp³-hybridized carbons (Fsp3) is 0.533. The van der Waals surface area contributed by atoms with Crippen LogP contribution in [0.1, 0.15) is 26.3 Å². The zero-order chi connectivity index (χ0) is 14.0. The second-order valence-electron chi connectivity index (χ2n) is 5.81. The van der Waals surface area contributed by atoms with Gasteiger partial charge in [-0.1, -0.05) is 12.1 Å². The van der Waals surface area contributed by atoms with Crippen LogP contribution in [0, 0.1) is 0 Å². The molecule has 1 aliphatic rings. The van der Waals surface area contributed by atoms with Crippen molar-refractivity contribution in [3.63, 3.8) is 0 Å². The van der Waals surface area contributed by atoms with E-state index in [0.29, 0.717) is 19.5 Å². The van der Waals surface area contributed by atoms with E-state index < -0.39 is 0 Å². The van der Waals surface area contributed by atoms with Gasteiger partial charge in [0.2, 0.25) is 5.91 Å². The largest absolute Gasteiger partial charge is 0.508 e. The summed E-state index contributed by atoms with van der Waals surface area (Å²) in [4.78, 5) is 14.1. The molecule has 0 bridgehead atoms. The average molecular weight is 263 g/mol. The number of morpholine rings is 1. The lowest BCUT2D eigenvalue weighted by molar-refractivity contribution is -0.157. The number of carbonyl (C=O) groups excluding carboxylic acids is 1. The van der Waals surface area contributed by atoms with E-state index in [9.17, 15) is 9.90 Å². The Balaban J connectivity index is 2.03. The lowest BCUT2D eigenvalue weighted by atomic mass is 10.0. The third-order valence-electron chi connectivity index (χ3n) is 3.19. The second kappa shape index (κ2) is 5.21. The minimum atomic E-state index is -0.299. The van der Waals surface area contributed by atoms with Crippen molar-refractivity contribution in [2.75, 3.05) is 13.1 Å². The Labute approximate surface area is 114 Å². The van der Waals surface area contributed by atoms with Gasteiger partial charge in [0, 0.05) is 13.1 Å². The van der Waals surface area contributed by atoms with Gasteiger partial charge in [0.1, 0.15) is 5.75 Å². The summed E-state index contributed by atoms with van der Waals surface area (Å²) >= 11 is 0. The van der Waals surface area contributed by atoms with Crippen molar-refractivity contribution in [3.05, 3.63) is 29.8 Å². The molecular formula is C15H21NO3. The van der Waals surface area contributed by atoms with Gasteiger partial charge in [-0.15, -0.1) is 0 Å². The van der Waals surface area contributed by atoms with E-state index >= 15 is 0 Å². The van der Waals surface area contributed by atoms with Crippen LogP contribution in [0.3, 0.4) is 0 Å². The molecule has 1 atom stereocenters. The molecule has 0 radical (unpaired) electrons. The van der Waals surface area contributed by atoms with Crippen LogP contribution in [0.5, 0.6) is 5.75 Å². The summed E-state index contributed by atoms with van der Waals surface area (Å²) in [6.07, 6.45) is 0.369. The molecule has 4 nitrogen and oxygen atoms in total. The number of carbonyl (C=O) groups is 1. The molecular weight excluding hydrogens is 242 g/mol. The van der Waals surface area contributed by atoms with Crippen molar-refractivity contribution in [2.24, 2.45) is 0 Å². The zero-order valence-electron chi connectivity index (χ0n) is 11.7. The third-order valence-corrected chi connectivity index (χ3v) is 3.19. The first-order valence-electron chi connectivity index (χ1n) is 6.59. The smallest absolute Gasteiger partial charge is 0.227 e. The maximum absolute atomic E-state index is 12.3. The predicted molar refractivity (Wildman–Crippen MR) is 73.0 cm³/mol. The van der Waals surface area contributed by atoms with Crippen LogP contribution in [0.15, 0.2) is 24.3 Å². The highest BCUT2D eigenvalue weighted by Gasteiger charge is 2.33. The first-order valence-corrected chi connectivity index (χ1v) is 6.59. The summed E-state index contributed by atoms with van der Waals surface area (Å²) in [7, 11) is 0. The predicted octanol–water partition coefficient (Wildman–Crippen LogP) is 1.96. The quantitative estimate of drug-likeness (QED) is 0.887. The summed E-state index contributed by atoms with van der Waals surface area (Å²) in [5.41, 5.74) is 0.536. The number of hydrogen-bond donors (Lipinski definition) is 1. The topological polar surface area (TPSA) is 49.8 Å². The van der Waals surface area contributed by atoms with Crippen LogP contribution in [0.4, 0.5) is 0 Å². The fourth-order valence-electron chi connectivity index (χ4n) is 2.60. The number of rotatable bonds is 2. The normalized spacial score (nSPS) is 22.3. The van der Waals surface area contributed by atoms with Crippen LogP contribution in [-0.4, -0.2) is 40.7 Å². The van der Waals surface area contributed by atoms with Crippen molar-refractivity contribution in [2.45, 2.75) is 38.9 Å². The van der Waals surface area contributed by atoms with E-state index in [1.165, 1.54) is 0 Å². The van der Waals surface area contributed by atoms with Gasteiger partial charge in [0.05, 0.1) is 18.1 Å². The molecule has 1 heterocycles. The van der Waals surface area contributed by atoms with E-state index in [4.69, 9.17) is 4.74 Å². The van der Waals surface area contributed by atoms with Crippen molar-refractivity contribution in [1.29, 1.82) is 0 Å². The number of benzene rings is 1. The SMILES string of the molecule is CC1CN(C(=O)Cc2cccc(O)c2)CC(C)(C)O1. The Kier molecular flexibility index (Phi) is 3.80. The van der Waals surface area contributed by atoms with E-state index in [0.717, 1.165) is 5.56 Å². The minimum absolute atomic E-state index is 0.0527. The van der Waals surface area contributed by atoms with Gasteiger partial charge < -0.3 is 14.7 Å². The molecule has 0 aromatic heterocycles. The van der Waals surface area contributed by atoms with Gasteiger partial charge in [-0.05, 0) is 38.5 Å². The Morgan fingerprint density at radius 2 is 2.26 bits per heavy atom. The Hall–Kier alpha value is -1.55. The van der Waals surface area contributed by atoms with Crippen LogP contribution in [0.2, 0.25) is 0 Å². The molecule has 0 aliphatic carbocycles. The molecule has 1 aromatic rings. The molecule has 1 amide bonds. The number of ether oxygens (including phenoxy) is 1. The van der Waals surface area contributed by atoms with Crippen LogP contribution >= 0.6 is 0 Å². The van der Waals surface area contributed by atoms with E-state index in [1.54, 1.807) is 18.2 Å². The van der Waals surface area contributed by atoms with E-state index in [1.807, 2.05) is 31.7 Å². The molecule has 1 fully saturated rings. The molecule has 4 heteroatoms. The van der Waals surface area contributed by atoms with Gasteiger partial charge in [0.25, 0.3) is 0 Å². The van der Waals surface area contributed by atoms with Crippen molar-refractivity contribution < 1.29 is 14.6 Å². The highest BCUT2D eigenvalue weighted by atomic mass is 16.5. The lowest BCUT2D eigenvalue weighted by Gasteiger charge is -2.41. The fourth-order valence-corrected chi connectivity index (χ4v) is 2.60. The highest BCUT2D eigenvalue weighted by Crippen LogP contribution is 2.21. The van der Waals surface area contributed by atoms with Crippen LogP contribution in [-0.2, 0) is 16.0 Å². The minimum Gasteiger partial charge on any atom is -0.508 e.